The first-order valence-corrected chi connectivity index (χ1v) is 7.97. The molecule has 0 bridgehead atoms. The van der Waals surface area contributed by atoms with Crippen molar-refractivity contribution >= 4 is 15.9 Å². The molecular formula is C15H23BrN2O. The predicted molar refractivity (Wildman–Crippen MR) is 82.6 cm³/mol. The molecule has 1 fully saturated rings. The van der Waals surface area contributed by atoms with Crippen molar-refractivity contribution in [1.29, 1.82) is 0 Å². The lowest BCUT2D eigenvalue weighted by Crippen LogP contribution is -2.39. The second-order valence-corrected chi connectivity index (χ2v) is 6.58. The van der Waals surface area contributed by atoms with Crippen LogP contribution in [0.5, 0.6) is 0 Å². The summed E-state index contributed by atoms with van der Waals surface area (Å²) >= 11 is 3.45. The van der Waals surface area contributed by atoms with Gasteiger partial charge in [0.25, 0.3) is 5.56 Å². The number of hydrogen-bond acceptors (Lipinski definition) is 2. The van der Waals surface area contributed by atoms with Crippen LogP contribution in [0.3, 0.4) is 0 Å². The number of aryl methyl sites for hydroxylation is 1. The molecule has 106 valence electrons. The SMILES string of the molecule is Cc1cc(Br)cn(CCNC2CCCCC2C)c1=O. The summed E-state index contributed by atoms with van der Waals surface area (Å²) in [6.45, 7) is 5.79. The van der Waals surface area contributed by atoms with Gasteiger partial charge in [0.2, 0.25) is 0 Å². The van der Waals surface area contributed by atoms with Crippen LogP contribution in [0.1, 0.15) is 38.2 Å². The summed E-state index contributed by atoms with van der Waals surface area (Å²) in [5.74, 6) is 0.759. The molecule has 1 aliphatic carbocycles. The molecule has 1 N–H and O–H groups in total. The number of aromatic nitrogens is 1. The Kier molecular flexibility index (Phi) is 5.22. The summed E-state index contributed by atoms with van der Waals surface area (Å²) < 4.78 is 2.76. The second-order valence-electron chi connectivity index (χ2n) is 5.66. The molecule has 0 saturated heterocycles. The van der Waals surface area contributed by atoms with E-state index in [0.717, 1.165) is 29.0 Å². The van der Waals surface area contributed by atoms with E-state index in [-0.39, 0.29) is 5.56 Å². The number of hydrogen-bond donors (Lipinski definition) is 1. The van der Waals surface area contributed by atoms with Crippen molar-refractivity contribution in [1.82, 2.24) is 9.88 Å². The van der Waals surface area contributed by atoms with Gasteiger partial charge in [0.15, 0.2) is 0 Å². The van der Waals surface area contributed by atoms with E-state index in [9.17, 15) is 4.79 Å². The van der Waals surface area contributed by atoms with Gasteiger partial charge in [0.1, 0.15) is 0 Å². The molecule has 0 aliphatic heterocycles. The Morgan fingerprint density at radius 3 is 2.89 bits per heavy atom. The van der Waals surface area contributed by atoms with Gasteiger partial charge in [0, 0.05) is 35.4 Å². The molecule has 0 spiro atoms. The van der Waals surface area contributed by atoms with Crippen LogP contribution in [0, 0.1) is 12.8 Å². The molecule has 1 aromatic rings. The zero-order chi connectivity index (χ0) is 13.8. The van der Waals surface area contributed by atoms with Crippen LogP contribution in [-0.2, 0) is 6.54 Å². The van der Waals surface area contributed by atoms with Crippen molar-refractivity contribution in [2.75, 3.05) is 6.54 Å². The number of halogens is 1. The molecule has 3 nitrogen and oxygen atoms in total. The van der Waals surface area contributed by atoms with Crippen LogP contribution < -0.4 is 10.9 Å². The number of nitrogens with one attached hydrogen (secondary N) is 1. The average Bonchev–Trinajstić information content (AvgIpc) is 2.37. The molecule has 1 aromatic heterocycles. The van der Waals surface area contributed by atoms with Crippen molar-refractivity contribution in [2.24, 2.45) is 5.92 Å². The van der Waals surface area contributed by atoms with Gasteiger partial charge in [-0.05, 0) is 47.7 Å². The predicted octanol–water partition coefficient (Wildman–Crippen LogP) is 3.09. The number of nitrogens with zero attached hydrogens (tertiary/aromatic N) is 1. The van der Waals surface area contributed by atoms with Crippen LogP contribution in [0.15, 0.2) is 21.5 Å². The van der Waals surface area contributed by atoms with E-state index in [1.54, 1.807) is 4.57 Å². The van der Waals surface area contributed by atoms with E-state index >= 15 is 0 Å². The minimum Gasteiger partial charge on any atom is -0.313 e. The first kappa shape index (κ1) is 14.8. The third-order valence-electron chi connectivity index (χ3n) is 4.10. The monoisotopic (exact) mass is 326 g/mol. The van der Waals surface area contributed by atoms with E-state index in [2.05, 4.69) is 28.2 Å². The zero-order valence-corrected chi connectivity index (χ0v) is 13.4. The Hall–Kier alpha value is -0.610. The first-order chi connectivity index (χ1) is 9.08. The maximum Gasteiger partial charge on any atom is 0.253 e. The Bertz CT molecular complexity index is 484. The summed E-state index contributed by atoms with van der Waals surface area (Å²) in [5.41, 5.74) is 0.905. The molecule has 1 aliphatic rings. The molecule has 0 aromatic carbocycles. The van der Waals surface area contributed by atoms with Gasteiger partial charge in [0.05, 0.1) is 0 Å². The Morgan fingerprint density at radius 2 is 2.16 bits per heavy atom. The summed E-state index contributed by atoms with van der Waals surface area (Å²) in [7, 11) is 0. The summed E-state index contributed by atoms with van der Waals surface area (Å²) in [6, 6.07) is 2.49. The third-order valence-corrected chi connectivity index (χ3v) is 4.54. The van der Waals surface area contributed by atoms with E-state index in [4.69, 9.17) is 0 Å². The minimum absolute atomic E-state index is 0.113. The molecule has 0 amide bonds. The summed E-state index contributed by atoms with van der Waals surface area (Å²) in [4.78, 5) is 12.0. The van der Waals surface area contributed by atoms with Crippen LogP contribution in [0.2, 0.25) is 0 Å². The quantitative estimate of drug-likeness (QED) is 0.922. The van der Waals surface area contributed by atoms with Crippen LogP contribution in [-0.4, -0.2) is 17.2 Å². The molecule has 19 heavy (non-hydrogen) atoms. The Labute approximate surface area is 123 Å². The van der Waals surface area contributed by atoms with Crippen molar-refractivity contribution < 1.29 is 0 Å². The molecule has 2 atom stereocenters. The zero-order valence-electron chi connectivity index (χ0n) is 11.8. The van der Waals surface area contributed by atoms with Gasteiger partial charge in [-0.3, -0.25) is 4.79 Å². The highest BCUT2D eigenvalue weighted by Crippen LogP contribution is 2.23. The van der Waals surface area contributed by atoms with Crippen molar-refractivity contribution in [2.45, 2.75) is 52.1 Å². The maximum atomic E-state index is 12.0. The fraction of sp³-hybridized carbons (Fsp3) is 0.667. The largest absolute Gasteiger partial charge is 0.313 e. The molecule has 1 saturated carbocycles. The average molecular weight is 327 g/mol. The molecule has 1 heterocycles. The van der Waals surface area contributed by atoms with E-state index in [1.165, 1.54) is 25.7 Å². The van der Waals surface area contributed by atoms with E-state index < -0.39 is 0 Å². The van der Waals surface area contributed by atoms with Crippen LogP contribution >= 0.6 is 15.9 Å². The normalized spacial score (nSPS) is 23.5. The summed E-state index contributed by atoms with van der Waals surface area (Å²) in [6.07, 6.45) is 7.17. The van der Waals surface area contributed by atoms with Gasteiger partial charge >= 0.3 is 0 Å². The molecule has 2 unspecified atom stereocenters. The summed E-state index contributed by atoms with van der Waals surface area (Å²) in [5, 5.41) is 3.61. The van der Waals surface area contributed by atoms with Gasteiger partial charge in [-0.25, -0.2) is 0 Å². The van der Waals surface area contributed by atoms with E-state index in [0.29, 0.717) is 6.04 Å². The van der Waals surface area contributed by atoms with Crippen LogP contribution in [0.25, 0.3) is 0 Å². The molecule has 0 radical (unpaired) electrons. The fourth-order valence-electron chi connectivity index (χ4n) is 2.90. The second kappa shape index (κ2) is 6.71. The fourth-order valence-corrected chi connectivity index (χ4v) is 3.49. The third kappa shape index (κ3) is 3.93. The topological polar surface area (TPSA) is 34.0 Å². The highest BCUT2D eigenvalue weighted by molar-refractivity contribution is 9.10. The lowest BCUT2D eigenvalue weighted by Gasteiger charge is -2.29. The van der Waals surface area contributed by atoms with Gasteiger partial charge in [-0.1, -0.05) is 19.8 Å². The standard InChI is InChI=1S/C15H23BrN2O/c1-11-5-3-4-6-14(11)17-7-8-18-10-13(16)9-12(2)15(18)19/h9-11,14,17H,3-8H2,1-2H3. The molecule has 4 heteroatoms. The number of pyridine rings is 1. The lowest BCUT2D eigenvalue weighted by atomic mass is 9.86. The highest BCUT2D eigenvalue weighted by atomic mass is 79.9. The Morgan fingerprint density at radius 1 is 1.42 bits per heavy atom. The van der Waals surface area contributed by atoms with E-state index in [1.807, 2.05) is 19.2 Å². The Balaban J connectivity index is 1.90. The smallest absolute Gasteiger partial charge is 0.253 e. The van der Waals surface area contributed by atoms with Crippen molar-refractivity contribution in [3.63, 3.8) is 0 Å². The first-order valence-electron chi connectivity index (χ1n) is 7.18. The van der Waals surface area contributed by atoms with Crippen molar-refractivity contribution in [3.05, 3.63) is 32.7 Å². The molecular weight excluding hydrogens is 304 g/mol. The number of rotatable bonds is 4. The van der Waals surface area contributed by atoms with Crippen molar-refractivity contribution in [3.8, 4) is 0 Å². The lowest BCUT2D eigenvalue weighted by molar-refractivity contribution is 0.278. The highest BCUT2D eigenvalue weighted by Gasteiger charge is 2.20. The minimum atomic E-state index is 0.113. The van der Waals surface area contributed by atoms with Gasteiger partial charge in [-0.2, -0.15) is 0 Å². The maximum absolute atomic E-state index is 12.0. The molecule has 2 rings (SSSR count). The van der Waals surface area contributed by atoms with Crippen LogP contribution in [0.4, 0.5) is 0 Å². The van der Waals surface area contributed by atoms with Gasteiger partial charge in [-0.15, -0.1) is 0 Å². The van der Waals surface area contributed by atoms with Gasteiger partial charge < -0.3 is 9.88 Å².